The van der Waals surface area contributed by atoms with Crippen LogP contribution >= 0.6 is 0 Å². The Morgan fingerprint density at radius 3 is 0.761 bits per heavy atom. The smallest absolute Gasteiger partial charge is 0.306 e. The van der Waals surface area contributed by atoms with Gasteiger partial charge in [0.1, 0.15) is 0 Å². The van der Waals surface area contributed by atoms with Gasteiger partial charge in [0, 0.05) is 12.8 Å². The molecule has 0 aromatic heterocycles. The van der Waals surface area contributed by atoms with Crippen molar-refractivity contribution in [1.29, 1.82) is 0 Å². The van der Waals surface area contributed by atoms with E-state index in [0.29, 0.717) is 11.9 Å². The quantitative estimate of drug-likeness (QED) is 0.142. The molecule has 0 aromatic rings. The van der Waals surface area contributed by atoms with Gasteiger partial charge in [-0.05, 0) is 33.0 Å². The predicted molar refractivity (Wildman–Crippen MR) is 97.5 cm³/mol. The van der Waals surface area contributed by atoms with Crippen molar-refractivity contribution < 1.29 is 114 Å². The molecule has 0 radical (unpaired) electrons. The molecule has 0 aliphatic heterocycles. The Hall–Kier alpha value is -1.86. The number of alkyl halides is 26. The Kier molecular flexibility index (Phi) is 11.7. The molecule has 46 heavy (non-hydrogen) atoms. The van der Waals surface area contributed by atoms with E-state index in [1.165, 1.54) is 0 Å². The van der Waals surface area contributed by atoms with Crippen molar-refractivity contribution in [2.75, 3.05) is 20.1 Å². The Morgan fingerprint density at radius 1 is 0.304 bits per heavy atom. The normalized spacial score (nSPS) is 16.4. The largest absolute Gasteiger partial charge is 0.460 e. The summed E-state index contributed by atoms with van der Waals surface area (Å²) in [6.07, 6.45) is -23.8. The van der Waals surface area contributed by atoms with Crippen LogP contribution in [-0.4, -0.2) is 96.6 Å². The Balaban J connectivity index is 5.78. The number of hydrogen-bond acceptors (Lipinski definition) is 1. The topological polar surface area (TPSA) is 3.24 Å². The van der Waals surface area contributed by atoms with Crippen LogP contribution < -0.4 is 0 Å². The van der Waals surface area contributed by atoms with E-state index in [9.17, 15) is 114 Å². The molecule has 1 nitrogen and oxygen atoms in total. The van der Waals surface area contributed by atoms with E-state index in [1.807, 2.05) is 0 Å². The van der Waals surface area contributed by atoms with Crippen LogP contribution in [0.3, 0.4) is 0 Å². The summed E-state index contributed by atoms with van der Waals surface area (Å²) in [5.41, 5.74) is 0. The van der Waals surface area contributed by atoms with Crippen molar-refractivity contribution in [3.05, 3.63) is 0 Å². The van der Waals surface area contributed by atoms with Gasteiger partial charge in [0.2, 0.25) is 0 Å². The van der Waals surface area contributed by atoms with E-state index in [4.69, 9.17) is 0 Å². The molecule has 0 saturated carbocycles. The summed E-state index contributed by atoms with van der Waals surface area (Å²) in [5.74, 6) is -78.4. The standard InChI is InChI=1S/C19H15F26N/c1-46(7-3-5-9(22,23)11(26,27)16(36,37)18(40,41)42)6-2-4-8(20,21)10(24,25)12(28,29)13(30,31)14(32,33)15(34,35)17(38,39)19(43,44)45/h2-7H2,1H3. The lowest BCUT2D eigenvalue weighted by atomic mass is 9.88. The molecule has 0 atom stereocenters. The summed E-state index contributed by atoms with van der Waals surface area (Å²) in [5, 5.41) is 0. The first kappa shape index (κ1) is 44.1. The molecule has 0 aromatic carbocycles. The first-order valence-electron chi connectivity index (χ1n) is 11.2. The molecule has 0 spiro atoms. The van der Waals surface area contributed by atoms with Gasteiger partial charge in [-0.25, -0.2) is 0 Å². The molecule has 0 rings (SSSR count). The van der Waals surface area contributed by atoms with Crippen molar-refractivity contribution in [3.8, 4) is 0 Å². The van der Waals surface area contributed by atoms with Crippen LogP contribution in [0.4, 0.5) is 114 Å². The Labute approximate surface area is 237 Å². The van der Waals surface area contributed by atoms with E-state index in [0.717, 1.165) is 0 Å². The van der Waals surface area contributed by atoms with E-state index in [-0.39, 0.29) is 0 Å². The van der Waals surface area contributed by atoms with Gasteiger partial charge in [-0.2, -0.15) is 114 Å². The fraction of sp³-hybridized carbons (Fsp3) is 1.00. The molecule has 0 aliphatic carbocycles. The first-order valence-corrected chi connectivity index (χ1v) is 11.2. The molecule has 0 heterocycles. The fourth-order valence-electron chi connectivity index (χ4n) is 3.17. The van der Waals surface area contributed by atoms with Crippen LogP contribution in [0, 0.1) is 0 Å². The van der Waals surface area contributed by atoms with Gasteiger partial charge in [0.15, 0.2) is 0 Å². The molecule has 0 fully saturated rings. The molecule has 0 N–H and O–H groups in total. The van der Waals surface area contributed by atoms with Gasteiger partial charge >= 0.3 is 71.6 Å². The second kappa shape index (κ2) is 12.2. The average Bonchev–Trinajstić information content (AvgIpc) is 2.81. The second-order valence-corrected chi connectivity index (χ2v) is 9.51. The summed E-state index contributed by atoms with van der Waals surface area (Å²) in [4.78, 5) is 0.297. The molecular formula is C19H15F26N. The molecule has 278 valence electrons. The third kappa shape index (κ3) is 6.84. The SMILES string of the molecule is CN(CCCC(F)(F)C(F)(F)C(F)(F)C(F)(F)F)CCCC(F)(F)C(F)(F)C(F)(F)C(F)(F)C(F)(F)C(F)(F)C(F)(F)C(F)(F)F. The Bertz CT molecular complexity index is 1020. The molecule has 0 aliphatic rings. The van der Waals surface area contributed by atoms with Crippen molar-refractivity contribution in [2.24, 2.45) is 0 Å². The minimum absolute atomic E-state index is 0.297. The third-order valence-corrected chi connectivity index (χ3v) is 6.06. The lowest BCUT2D eigenvalue weighted by molar-refractivity contribution is -0.461. The highest BCUT2D eigenvalue weighted by Crippen LogP contribution is 2.64. The van der Waals surface area contributed by atoms with Gasteiger partial charge in [0.25, 0.3) is 0 Å². The van der Waals surface area contributed by atoms with Gasteiger partial charge < -0.3 is 4.90 Å². The molecule has 0 bridgehead atoms. The summed E-state index contributed by atoms with van der Waals surface area (Å²) in [7, 11) is 0.545. The number of rotatable bonds is 16. The first-order chi connectivity index (χ1) is 19.6. The summed E-state index contributed by atoms with van der Waals surface area (Å²) >= 11 is 0. The summed E-state index contributed by atoms with van der Waals surface area (Å²) in [6.45, 7) is -2.52. The van der Waals surface area contributed by atoms with Crippen molar-refractivity contribution in [1.82, 2.24) is 4.90 Å². The fourth-order valence-corrected chi connectivity index (χ4v) is 3.17. The van der Waals surface area contributed by atoms with Crippen LogP contribution in [-0.2, 0) is 0 Å². The Morgan fingerprint density at radius 2 is 0.500 bits per heavy atom. The van der Waals surface area contributed by atoms with Crippen LogP contribution in [0.1, 0.15) is 25.7 Å². The molecular weight excluding hydrogens is 736 g/mol. The second-order valence-electron chi connectivity index (χ2n) is 9.51. The van der Waals surface area contributed by atoms with Crippen LogP contribution in [0.15, 0.2) is 0 Å². The highest BCUT2D eigenvalue weighted by molar-refractivity contribution is 5.15. The minimum Gasteiger partial charge on any atom is -0.306 e. The van der Waals surface area contributed by atoms with Crippen molar-refractivity contribution in [2.45, 2.75) is 97.3 Å². The maximum absolute atomic E-state index is 13.8. The van der Waals surface area contributed by atoms with Gasteiger partial charge in [0.05, 0.1) is 0 Å². The molecule has 27 heteroatoms. The lowest BCUT2D eigenvalue weighted by Gasteiger charge is -2.42. The zero-order chi connectivity index (χ0) is 37.8. The van der Waals surface area contributed by atoms with Gasteiger partial charge in [-0.3, -0.25) is 0 Å². The van der Waals surface area contributed by atoms with Crippen molar-refractivity contribution >= 4 is 0 Å². The average molecular weight is 751 g/mol. The monoisotopic (exact) mass is 751 g/mol. The lowest BCUT2D eigenvalue weighted by Crippen LogP contribution is -2.74. The molecule has 0 amide bonds. The third-order valence-electron chi connectivity index (χ3n) is 6.06. The number of hydrogen-bond donors (Lipinski definition) is 0. The summed E-state index contributed by atoms with van der Waals surface area (Å²) in [6, 6.07) is 0. The van der Waals surface area contributed by atoms with Gasteiger partial charge in [-0.1, -0.05) is 0 Å². The maximum atomic E-state index is 13.8. The molecule has 0 saturated heterocycles. The number of nitrogens with zero attached hydrogens (tertiary/aromatic N) is 1. The highest BCUT2D eigenvalue weighted by atomic mass is 19.4. The zero-order valence-electron chi connectivity index (χ0n) is 21.5. The predicted octanol–water partition coefficient (Wildman–Crippen LogP) is 9.96. The van der Waals surface area contributed by atoms with E-state index in [1.54, 1.807) is 0 Å². The minimum atomic E-state index is -8.83. The van der Waals surface area contributed by atoms with Gasteiger partial charge in [-0.15, -0.1) is 0 Å². The van der Waals surface area contributed by atoms with E-state index >= 15 is 0 Å². The highest BCUT2D eigenvalue weighted by Gasteiger charge is 2.95. The van der Waals surface area contributed by atoms with E-state index in [2.05, 4.69) is 0 Å². The maximum Gasteiger partial charge on any atom is 0.460 e. The van der Waals surface area contributed by atoms with Crippen molar-refractivity contribution in [3.63, 3.8) is 0 Å². The molecule has 0 unspecified atom stereocenters. The van der Waals surface area contributed by atoms with E-state index < -0.39 is 110 Å². The number of halogens is 26. The summed E-state index contributed by atoms with van der Waals surface area (Å²) < 4.78 is 340. The van der Waals surface area contributed by atoms with Crippen LogP contribution in [0.5, 0.6) is 0 Å². The zero-order valence-corrected chi connectivity index (χ0v) is 21.5. The van der Waals surface area contributed by atoms with Crippen LogP contribution in [0.25, 0.3) is 0 Å². The van der Waals surface area contributed by atoms with Crippen LogP contribution in [0.2, 0.25) is 0 Å².